The number of aliphatic hydroxyl groups is 1. The average molecular weight is 418 g/mol. The number of aliphatic hydroxyl groups excluding tert-OH is 1. The minimum atomic E-state index is -0.277. The van der Waals surface area contributed by atoms with E-state index in [0.29, 0.717) is 22.6 Å². The zero-order valence-electron chi connectivity index (χ0n) is 17.0. The molecule has 156 valence electrons. The highest BCUT2D eigenvalue weighted by Gasteiger charge is 2.43. The molecule has 3 heterocycles. The van der Waals surface area contributed by atoms with Crippen molar-refractivity contribution in [2.75, 3.05) is 6.54 Å². The first-order chi connectivity index (χ1) is 13.9. The SMILES string of the molecule is Cc1nc(C2CCC3(CCCN3N)CC2)c(CO)nc1-c1ccn(C)c(=O)c1Cl. The molecule has 0 bridgehead atoms. The molecule has 1 spiro atoms. The van der Waals surface area contributed by atoms with Crippen LogP contribution in [-0.2, 0) is 13.7 Å². The Morgan fingerprint density at radius 3 is 2.66 bits per heavy atom. The number of nitrogens with zero attached hydrogens (tertiary/aromatic N) is 4. The van der Waals surface area contributed by atoms with Gasteiger partial charge < -0.3 is 9.67 Å². The summed E-state index contributed by atoms with van der Waals surface area (Å²) in [6, 6.07) is 1.77. The lowest BCUT2D eigenvalue weighted by molar-refractivity contribution is 0.0857. The molecule has 2 fully saturated rings. The van der Waals surface area contributed by atoms with Gasteiger partial charge in [0.2, 0.25) is 0 Å². The number of pyridine rings is 1. The summed E-state index contributed by atoms with van der Waals surface area (Å²) < 4.78 is 1.43. The number of aryl methyl sites for hydroxylation is 2. The van der Waals surface area contributed by atoms with E-state index < -0.39 is 0 Å². The molecule has 1 saturated heterocycles. The number of hydrogen-bond donors (Lipinski definition) is 2. The molecular weight excluding hydrogens is 390 g/mol. The highest BCUT2D eigenvalue weighted by atomic mass is 35.5. The van der Waals surface area contributed by atoms with Crippen LogP contribution in [0.4, 0.5) is 0 Å². The van der Waals surface area contributed by atoms with Crippen molar-refractivity contribution in [2.24, 2.45) is 12.9 Å². The Morgan fingerprint density at radius 2 is 2.03 bits per heavy atom. The Bertz CT molecular complexity index is 982. The summed E-state index contributed by atoms with van der Waals surface area (Å²) in [6.07, 6.45) is 8.05. The molecule has 4 rings (SSSR count). The lowest BCUT2D eigenvalue weighted by Crippen LogP contribution is -2.50. The van der Waals surface area contributed by atoms with E-state index >= 15 is 0 Å². The van der Waals surface area contributed by atoms with E-state index in [2.05, 4.69) is 0 Å². The summed E-state index contributed by atoms with van der Waals surface area (Å²) in [4.78, 5) is 21.7. The van der Waals surface area contributed by atoms with Gasteiger partial charge in [-0.15, -0.1) is 0 Å². The molecule has 0 aromatic carbocycles. The number of nitrogens with two attached hydrogens (primary N) is 1. The first kappa shape index (κ1) is 20.5. The molecule has 8 heteroatoms. The fourth-order valence-electron chi connectivity index (χ4n) is 4.97. The number of halogens is 1. The molecular formula is C21H28ClN5O2. The zero-order chi connectivity index (χ0) is 20.8. The molecule has 2 aliphatic rings. The molecule has 2 aromatic heterocycles. The number of aromatic nitrogens is 3. The Hall–Kier alpha value is -1.80. The van der Waals surface area contributed by atoms with Crippen molar-refractivity contribution in [2.45, 2.75) is 63.5 Å². The first-order valence-electron chi connectivity index (χ1n) is 10.2. The van der Waals surface area contributed by atoms with Gasteiger partial charge in [-0.05, 0) is 51.5 Å². The second kappa shape index (κ2) is 7.80. The van der Waals surface area contributed by atoms with Gasteiger partial charge in [-0.2, -0.15) is 0 Å². The van der Waals surface area contributed by atoms with Crippen molar-refractivity contribution in [1.82, 2.24) is 19.5 Å². The highest BCUT2D eigenvalue weighted by Crippen LogP contribution is 2.45. The van der Waals surface area contributed by atoms with Gasteiger partial charge in [0.15, 0.2) is 0 Å². The fourth-order valence-corrected chi connectivity index (χ4v) is 5.26. The third-order valence-electron chi connectivity index (χ3n) is 6.74. The quantitative estimate of drug-likeness (QED) is 0.745. The van der Waals surface area contributed by atoms with Crippen LogP contribution in [-0.4, -0.2) is 36.7 Å². The predicted molar refractivity (Wildman–Crippen MR) is 112 cm³/mol. The van der Waals surface area contributed by atoms with Crippen LogP contribution in [0.3, 0.4) is 0 Å². The molecule has 0 amide bonds. The van der Waals surface area contributed by atoms with Crippen molar-refractivity contribution in [3.8, 4) is 11.3 Å². The van der Waals surface area contributed by atoms with Gasteiger partial charge in [-0.1, -0.05) is 11.6 Å². The fraction of sp³-hybridized carbons (Fsp3) is 0.571. The van der Waals surface area contributed by atoms with E-state index in [0.717, 1.165) is 50.8 Å². The number of hydrazine groups is 1. The second-order valence-corrected chi connectivity index (χ2v) is 8.78. The maximum absolute atomic E-state index is 12.2. The van der Waals surface area contributed by atoms with Crippen molar-refractivity contribution < 1.29 is 5.11 Å². The zero-order valence-corrected chi connectivity index (χ0v) is 17.7. The van der Waals surface area contributed by atoms with Crippen LogP contribution < -0.4 is 11.4 Å². The minimum absolute atomic E-state index is 0.118. The van der Waals surface area contributed by atoms with E-state index in [9.17, 15) is 9.90 Å². The second-order valence-electron chi connectivity index (χ2n) is 8.40. The highest BCUT2D eigenvalue weighted by molar-refractivity contribution is 6.33. The summed E-state index contributed by atoms with van der Waals surface area (Å²) in [5, 5.41) is 12.2. The molecule has 29 heavy (non-hydrogen) atoms. The summed E-state index contributed by atoms with van der Waals surface area (Å²) in [7, 11) is 1.65. The third kappa shape index (κ3) is 3.50. The Labute approximate surface area is 175 Å². The third-order valence-corrected chi connectivity index (χ3v) is 7.11. The molecule has 0 unspecified atom stereocenters. The number of hydrogen-bond acceptors (Lipinski definition) is 6. The van der Waals surface area contributed by atoms with Gasteiger partial charge in [-0.3, -0.25) is 15.6 Å². The van der Waals surface area contributed by atoms with Crippen molar-refractivity contribution >= 4 is 11.6 Å². The normalized spacial score (nSPS) is 25.1. The van der Waals surface area contributed by atoms with Crippen LogP contribution in [0.2, 0.25) is 5.02 Å². The molecule has 3 N–H and O–H groups in total. The molecule has 0 atom stereocenters. The molecule has 0 radical (unpaired) electrons. The lowest BCUT2D eigenvalue weighted by atomic mass is 9.74. The van der Waals surface area contributed by atoms with Gasteiger partial charge >= 0.3 is 0 Å². The maximum Gasteiger partial charge on any atom is 0.269 e. The maximum atomic E-state index is 12.2. The average Bonchev–Trinajstić information content (AvgIpc) is 3.07. The predicted octanol–water partition coefficient (Wildman–Crippen LogP) is 2.66. The molecule has 1 aliphatic heterocycles. The smallest absolute Gasteiger partial charge is 0.269 e. The largest absolute Gasteiger partial charge is 0.390 e. The summed E-state index contributed by atoms with van der Waals surface area (Å²) in [5.41, 5.74) is 3.11. The summed E-state index contributed by atoms with van der Waals surface area (Å²) in [6.45, 7) is 2.66. The van der Waals surface area contributed by atoms with Crippen molar-refractivity contribution in [3.05, 3.63) is 44.7 Å². The van der Waals surface area contributed by atoms with E-state index in [-0.39, 0.29) is 28.6 Å². The first-order valence-corrected chi connectivity index (χ1v) is 10.6. The van der Waals surface area contributed by atoms with Gasteiger partial charge in [0, 0.05) is 36.8 Å². The number of rotatable bonds is 3. The van der Waals surface area contributed by atoms with Gasteiger partial charge in [0.25, 0.3) is 5.56 Å². The van der Waals surface area contributed by atoms with Crippen molar-refractivity contribution in [1.29, 1.82) is 0 Å². The topological polar surface area (TPSA) is 97.3 Å². The Morgan fingerprint density at radius 1 is 1.31 bits per heavy atom. The van der Waals surface area contributed by atoms with E-state index in [1.54, 1.807) is 19.3 Å². The van der Waals surface area contributed by atoms with E-state index in [1.165, 1.54) is 4.57 Å². The van der Waals surface area contributed by atoms with Crippen LogP contribution in [0.1, 0.15) is 61.5 Å². The standard InChI is InChI=1S/C21H28ClN5O2/c1-13-18(15-6-11-26(2)20(29)17(15)22)25-16(12-28)19(24-13)14-4-8-21(9-5-14)7-3-10-27(21)23/h6,11,14,28H,3-5,7-10,12,23H2,1-2H3. The van der Waals surface area contributed by atoms with Crippen LogP contribution in [0.5, 0.6) is 0 Å². The van der Waals surface area contributed by atoms with Crippen LogP contribution in [0, 0.1) is 6.92 Å². The molecule has 1 aliphatic carbocycles. The van der Waals surface area contributed by atoms with Gasteiger partial charge in [-0.25, -0.2) is 9.99 Å². The van der Waals surface area contributed by atoms with Gasteiger partial charge in [0.1, 0.15) is 5.02 Å². The summed E-state index contributed by atoms with van der Waals surface area (Å²) >= 11 is 6.29. The lowest BCUT2D eigenvalue weighted by Gasteiger charge is -2.41. The van der Waals surface area contributed by atoms with E-state index in [1.807, 2.05) is 11.9 Å². The Kier molecular flexibility index (Phi) is 5.50. The molecule has 1 saturated carbocycles. The van der Waals surface area contributed by atoms with Crippen molar-refractivity contribution in [3.63, 3.8) is 0 Å². The minimum Gasteiger partial charge on any atom is -0.390 e. The van der Waals surface area contributed by atoms with Crippen LogP contribution in [0.25, 0.3) is 11.3 Å². The van der Waals surface area contributed by atoms with E-state index in [4.69, 9.17) is 27.4 Å². The molecule has 7 nitrogen and oxygen atoms in total. The summed E-state index contributed by atoms with van der Waals surface area (Å²) in [5.74, 6) is 6.52. The monoisotopic (exact) mass is 417 g/mol. The Balaban J connectivity index is 1.66. The van der Waals surface area contributed by atoms with Gasteiger partial charge in [0.05, 0.1) is 29.4 Å². The van der Waals surface area contributed by atoms with Crippen LogP contribution in [0.15, 0.2) is 17.1 Å². The van der Waals surface area contributed by atoms with Crippen LogP contribution >= 0.6 is 11.6 Å². The molecule has 2 aromatic rings.